The highest BCUT2D eigenvalue weighted by molar-refractivity contribution is 5.30. The van der Waals surface area contributed by atoms with Gasteiger partial charge in [0.25, 0.3) is 0 Å². The largest absolute Gasteiger partial charge is 0.481 e. The van der Waals surface area contributed by atoms with Gasteiger partial charge in [0.05, 0.1) is 13.2 Å². The smallest absolute Gasteiger partial charge is 0.226 e. The van der Waals surface area contributed by atoms with Gasteiger partial charge in [0, 0.05) is 24.2 Å². The minimum atomic E-state index is -0.186. The Morgan fingerprint density at radius 1 is 1.47 bits per heavy atom. The lowest BCUT2D eigenvalue weighted by Crippen LogP contribution is -2.22. The van der Waals surface area contributed by atoms with Gasteiger partial charge in [0.15, 0.2) is 0 Å². The third kappa shape index (κ3) is 3.06. The standard InChI is InChI=1S/C12H19N3O2/c1-8-6-11(17-2)15-12(14-8)13-7-9-4-3-5-10(9)16/h6,9-10,16H,3-5,7H2,1-2H3,(H,13,14,15). The first-order valence-electron chi connectivity index (χ1n) is 6.00. The van der Waals surface area contributed by atoms with E-state index in [1.165, 1.54) is 0 Å². The molecular formula is C12H19N3O2. The van der Waals surface area contributed by atoms with Gasteiger partial charge in [-0.25, -0.2) is 4.98 Å². The van der Waals surface area contributed by atoms with Crippen LogP contribution in [-0.4, -0.2) is 34.8 Å². The highest BCUT2D eigenvalue weighted by Crippen LogP contribution is 2.25. The summed E-state index contributed by atoms with van der Waals surface area (Å²) in [5.41, 5.74) is 0.867. The summed E-state index contributed by atoms with van der Waals surface area (Å²) in [5.74, 6) is 1.44. The topological polar surface area (TPSA) is 67.3 Å². The molecule has 1 aromatic heterocycles. The third-order valence-electron chi connectivity index (χ3n) is 3.18. The zero-order valence-electron chi connectivity index (χ0n) is 10.3. The van der Waals surface area contributed by atoms with E-state index in [1.807, 2.05) is 6.92 Å². The van der Waals surface area contributed by atoms with Gasteiger partial charge >= 0.3 is 0 Å². The predicted molar refractivity (Wildman–Crippen MR) is 65.2 cm³/mol. The van der Waals surface area contributed by atoms with Crippen molar-refractivity contribution in [1.82, 2.24) is 9.97 Å². The quantitative estimate of drug-likeness (QED) is 0.827. The number of aryl methyl sites for hydroxylation is 1. The van der Waals surface area contributed by atoms with Crippen molar-refractivity contribution in [3.8, 4) is 5.88 Å². The second kappa shape index (κ2) is 5.31. The number of aliphatic hydroxyl groups excluding tert-OH is 1. The van der Waals surface area contributed by atoms with Crippen molar-refractivity contribution < 1.29 is 9.84 Å². The summed E-state index contributed by atoms with van der Waals surface area (Å²) >= 11 is 0. The zero-order valence-corrected chi connectivity index (χ0v) is 10.3. The van der Waals surface area contributed by atoms with Crippen LogP contribution >= 0.6 is 0 Å². The van der Waals surface area contributed by atoms with Gasteiger partial charge in [-0.15, -0.1) is 0 Å². The van der Waals surface area contributed by atoms with Crippen LogP contribution in [0.15, 0.2) is 6.07 Å². The van der Waals surface area contributed by atoms with Crippen molar-refractivity contribution in [3.63, 3.8) is 0 Å². The van der Waals surface area contributed by atoms with Crippen LogP contribution in [0.3, 0.4) is 0 Å². The minimum Gasteiger partial charge on any atom is -0.481 e. The van der Waals surface area contributed by atoms with Crippen molar-refractivity contribution in [2.45, 2.75) is 32.3 Å². The van der Waals surface area contributed by atoms with E-state index in [1.54, 1.807) is 13.2 Å². The Hall–Kier alpha value is -1.36. The SMILES string of the molecule is COc1cc(C)nc(NCC2CCCC2O)n1. The Labute approximate surface area is 101 Å². The second-order valence-corrected chi connectivity index (χ2v) is 4.51. The van der Waals surface area contributed by atoms with Crippen molar-refractivity contribution in [3.05, 3.63) is 11.8 Å². The lowest BCUT2D eigenvalue weighted by molar-refractivity contribution is 0.138. The molecular weight excluding hydrogens is 218 g/mol. The van der Waals surface area contributed by atoms with Crippen LogP contribution in [0, 0.1) is 12.8 Å². The van der Waals surface area contributed by atoms with E-state index in [0.29, 0.717) is 24.3 Å². The van der Waals surface area contributed by atoms with Gasteiger partial charge in [0.1, 0.15) is 0 Å². The van der Waals surface area contributed by atoms with E-state index >= 15 is 0 Å². The molecule has 94 valence electrons. The van der Waals surface area contributed by atoms with Crippen LogP contribution in [0.25, 0.3) is 0 Å². The van der Waals surface area contributed by atoms with Crippen LogP contribution in [0.5, 0.6) is 5.88 Å². The van der Waals surface area contributed by atoms with Gasteiger partial charge < -0.3 is 15.2 Å². The number of hydrogen-bond acceptors (Lipinski definition) is 5. The second-order valence-electron chi connectivity index (χ2n) is 4.51. The number of hydrogen-bond donors (Lipinski definition) is 2. The van der Waals surface area contributed by atoms with Crippen molar-refractivity contribution in [1.29, 1.82) is 0 Å². The number of rotatable bonds is 4. The molecule has 1 aliphatic carbocycles. The van der Waals surface area contributed by atoms with Crippen LogP contribution in [0.1, 0.15) is 25.0 Å². The number of methoxy groups -OCH3 is 1. The molecule has 2 unspecified atom stereocenters. The average Bonchev–Trinajstić information content (AvgIpc) is 2.71. The molecule has 0 amide bonds. The van der Waals surface area contributed by atoms with Gasteiger partial charge in [0.2, 0.25) is 11.8 Å². The van der Waals surface area contributed by atoms with Crippen molar-refractivity contribution in [2.24, 2.45) is 5.92 Å². The summed E-state index contributed by atoms with van der Waals surface area (Å²) in [6.45, 7) is 2.62. The molecule has 0 bridgehead atoms. The molecule has 0 aromatic carbocycles. The maximum Gasteiger partial charge on any atom is 0.226 e. The van der Waals surface area contributed by atoms with Crippen LogP contribution in [0.2, 0.25) is 0 Å². The molecule has 5 heteroatoms. The van der Waals surface area contributed by atoms with Gasteiger partial charge in [-0.3, -0.25) is 0 Å². The molecule has 0 aliphatic heterocycles. The number of ether oxygens (including phenoxy) is 1. The van der Waals surface area contributed by atoms with E-state index in [9.17, 15) is 5.11 Å². The van der Waals surface area contributed by atoms with Crippen LogP contribution in [0.4, 0.5) is 5.95 Å². The van der Waals surface area contributed by atoms with E-state index in [0.717, 1.165) is 25.0 Å². The van der Waals surface area contributed by atoms with E-state index in [2.05, 4.69) is 15.3 Å². The summed E-state index contributed by atoms with van der Waals surface area (Å²) in [6.07, 6.45) is 2.89. The molecule has 1 aliphatic rings. The number of anilines is 1. The molecule has 2 rings (SSSR count). The number of nitrogens with zero attached hydrogens (tertiary/aromatic N) is 2. The van der Waals surface area contributed by atoms with E-state index in [4.69, 9.17) is 4.74 Å². The molecule has 1 saturated carbocycles. The summed E-state index contributed by atoms with van der Waals surface area (Å²) in [4.78, 5) is 8.50. The van der Waals surface area contributed by atoms with Crippen LogP contribution in [-0.2, 0) is 0 Å². The summed E-state index contributed by atoms with van der Waals surface area (Å²) in [6, 6.07) is 1.79. The highest BCUT2D eigenvalue weighted by atomic mass is 16.5. The summed E-state index contributed by atoms with van der Waals surface area (Å²) < 4.78 is 5.09. The average molecular weight is 237 g/mol. The van der Waals surface area contributed by atoms with Gasteiger partial charge in [-0.05, 0) is 19.8 Å². The molecule has 2 atom stereocenters. The fraction of sp³-hybridized carbons (Fsp3) is 0.667. The van der Waals surface area contributed by atoms with Crippen LogP contribution < -0.4 is 10.1 Å². The maximum absolute atomic E-state index is 9.72. The lowest BCUT2D eigenvalue weighted by Gasteiger charge is -2.15. The normalized spacial score (nSPS) is 23.7. The molecule has 1 aromatic rings. The molecule has 1 fully saturated rings. The Kier molecular flexibility index (Phi) is 3.78. The number of nitrogens with one attached hydrogen (secondary N) is 1. The number of aliphatic hydroxyl groups is 1. The molecule has 1 heterocycles. The fourth-order valence-corrected chi connectivity index (χ4v) is 2.20. The van der Waals surface area contributed by atoms with E-state index < -0.39 is 0 Å². The predicted octanol–water partition coefficient (Wildman–Crippen LogP) is 1.37. The van der Waals surface area contributed by atoms with Crippen molar-refractivity contribution in [2.75, 3.05) is 19.0 Å². The lowest BCUT2D eigenvalue weighted by atomic mass is 10.1. The molecule has 5 nitrogen and oxygen atoms in total. The number of aromatic nitrogens is 2. The first kappa shape index (κ1) is 12.1. The Morgan fingerprint density at radius 2 is 2.29 bits per heavy atom. The minimum absolute atomic E-state index is 0.186. The summed E-state index contributed by atoms with van der Waals surface area (Å²) in [7, 11) is 1.59. The third-order valence-corrected chi connectivity index (χ3v) is 3.18. The zero-order chi connectivity index (χ0) is 12.3. The Bertz CT molecular complexity index is 384. The van der Waals surface area contributed by atoms with E-state index in [-0.39, 0.29) is 6.10 Å². The first-order valence-corrected chi connectivity index (χ1v) is 6.00. The molecule has 2 N–H and O–H groups in total. The Morgan fingerprint density at radius 3 is 2.94 bits per heavy atom. The maximum atomic E-state index is 9.72. The van der Waals surface area contributed by atoms with Gasteiger partial charge in [-0.2, -0.15) is 4.98 Å². The highest BCUT2D eigenvalue weighted by Gasteiger charge is 2.24. The molecule has 17 heavy (non-hydrogen) atoms. The molecule has 0 radical (unpaired) electrons. The Balaban J connectivity index is 1.96. The van der Waals surface area contributed by atoms with Crippen molar-refractivity contribution >= 4 is 5.95 Å². The van der Waals surface area contributed by atoms with Gasteiger partial charge in [-0.1, -0.05) is 6.42 Å². The fourth-order valence-electron chi connectivity index (χ4n) is 2.20. The summed E-state index contributed by atoms with van der Waals surface area (Å²) in [5, 5.41) is 12.9. The first-order chi connectivity index (χ1) is 8.19. The monoisotopic (exact) mass is 237 g/mol. The molecule has 0 spiro atoms. The molecule has 0 saturated heterocycles.